The largest absolute Gasteiger partial charge is 0.508 e. The van der Waals surface area contributed by atoms with Crippen LogP contribution in [0.1, 0.15) is 16.7 Å². The van der Waals surface area contributed by atoms with Crippen LogP contribution in [0, 0.1) is 20.8 Å². The molecule has 0 heterocycles. The van der Waals surface area contributed by atoms with E-state index in [1.165, 1.54) is 12.1 Å². The molecule has 3 heteroatoms. The Morgan fingerprint density at radius 1 is 0.778 bits per heavy atom. The van der Waals surface area contributed by atoms with Crippen LogP contribution >= 0.6 is 0 Å². The van der Waals surface area contributed by atoms with E-state index in [2.05, 4.69) is 0 Å². The minimum absolute atomic E-state index is 0.0297. The van der Waals surface area contributed by atoms with Gasteiger partial charge in [0.1, 0.15) is 17.2 Å². The summed E-state index contributed by atoms with van der Waals surface area (Å²) in [6.07, 6.45) is 0. The number of benzene rings is 2. The van der Waals surface area contributed by atoms with Gasteiger partial charge in [-0.1, -0.05) is 0 Å². The predicted octanol–water partition coefficient (Wildman–Crippen LogP) is 3.40. The molecule has 0 aliphatic carbocycles. The van der Waals surface area contributed by atoms with Gasteiger partial charge in [0.15, 0.2) is 0 Å². The van der Waals surface area contributed by atoms with Crippen molar-refractivity contribution in [1.29, 1.82) is 0 Å². The molecule has 0 unspecified atom stereocenters. The van der Waals surface area contributed by atoms with Gasteiger partial charge in [0.25, 0.3) is 0 Å². The van der Waals surface area contributed by atoms with Crippen molar-refractivity contribution in [3.05, 3.63) is 41.0 Å². The number of aryl methyl sites for hydroxylation is 1. The van der Waals surface area contributed by atoms with Gasteiger partial charge in [-0.15, -0.1) is 0 Å². The highest BCUT2D eigenvalue weighted by Crippen LogP contribution is 2.39. The maximum atomic E-state index is 9.93. The molecule has 0 amide bonds. The maximum Gasteiger partial charge on any atom is 0.127 e. The molecule has 0 aromatic heterocycles. The van der Waals surface area contributed by atoms with Crippen molar-refractivity contribution in [2.24, 2.45) is 0 Å². The van der Waals surface area contributed by atoms with Crippen molar-refractivity contribution >= 4 is 0 Å². The summed E-state index contributed by atoms with van der Waals surface area (Å²) in [5.74, 6) is 0.320. The van der Waals surface area contributed by atoms with E-state index in [4.69, 9.17) is 0 Å². The Bertz CT molecular complexity index is 616. The molecule has 0 spiro atoms. The van der Waals surface area contributed by atoms with Crippen LogP contribution in [0.3, 0.4) is 0 Å². The first-order valence-electron chi connectivity index (χ1n) is 5.74. The van der Waals surface area contributed by atoms with E-state index in [1.54, 1.807) is 12.1 Å². The molecule has 2 aromatic rings. The van der Waals surface area contributed by atoms with Crippen molar-refractivity contribution in [2.75, 3.05) is 0 Å². The number of phenols is 3. The van der Waals surface area contributed by atoms with Gasteiger partial charge in [0, 0.05) is 11.6 Å². The summed E-state index contributed by atoms with van der Waals surface area (Å²) in [6.45, 7) is 5.63. The minimum atomic E-state index is 0.0297. The van der Waals surface area contributed by atoms with E-state index in [-0.39, 0.29) is 17.2 Å². The van der Waals surface area contributed by atoms with Gasteiger partial charge in [0.05, 0.1) is 0 Å². The zero-order valence-electron chi connectivity index (χ0n) is 10.7. The second-order valence-electron chi connectivity index (χ2n) is 4.54. The Morgan fingerprint density at radius 2 is 1.44 bits per heavy atom. The molecule has 3 nitrogen and oxygen atoms in total. The fourth-order valence-electron chi connectivity index (χ4n) is 2.21. The first-order valence-corrected chi connectivity index (χ1v) is 5.74. The molecule has 0 aliphatic heterocycles. The van der Waals surface area contributed by atoms with Gasteiger partial charge in [-0.3, -0.25) is 0 Å². The first-order chi connectivity index (χ1) is 8.41. The lowest BCUT2D eigenvalue weighted by Gasteiger charge is -2.15. The van der Waals surface area contributed by atoms with E-state index < -0.39 is 0 Å². The van der Waals surface area contributed by atoms with Gasteiger partial charge in [0.2, 0.25) is 0 Å². The number of phenolic OH excluding ortho intramolecular Hbond substituents is 3. The van der Waals surface area contributed by atoms with Crippen molar-refractivity contribution in [1.82, 2.24) is 0 Å². The minimum Gasteiger partial charge on any atom is -0.508 e. The molecule has 94 valence electrons. The van der Waals surface area contributed by atoms with Crippen LogP contribution in [0.5, 0.6) is 17.2 Å². The second kappa shape index (κ2) is 4.26. The monoisotopic (exact) mass is 244 g/mol. The van der Waals surface area contributed by atoms with Gasteiger partial charge in [-0.05, 0) is 61.2 Å². The molecule has 0 atom stereocenters. The number of hydrogen-bond acceptors (Lipinski definition) is 3. The molecule has 0 saturated carbocycles. The Kier molecular flexibility index (Phi) is 2.91. The summed E-state index contributed by atoms with van der Waals surface area (Å²) in [5, 5.41) is 29.0. The average Bonchev–Trinajstić information content (AvgIpc) is 2.29. The van der Waals surface area contributed by atoms with Gasteiger partial charge in [-0.25, -0.2) is 0 Å². The number of rotatable bonds is 1. The van der Waals surface area contributed by atoms with Gasteiger partial charge in [-0.2, -0.15) is 0 Å². The molecule has 0 radical (unpaired) electrons. The standard InChI is InChI=1S/C15H16O3/c1-8-6-13(17)9(2)10(3)15(8)12-5-4-11(16)7-14(12)18/h4-7,16-18H,1-3H3. The Hall–Kier alpha value is -2.16. The lowest BCUT2D eigenvalue weighted by molar-refractivity contribution is 0.451. The molecule has 0 saturated heterocycles. The zero-order chi connectivity index (χ0) is 13.4. The second-order valence-corrected chi connectivity index (χ2v) is 4.54. The third-order valence-corrected chi connectivity index (χ3v) is 3.32. The molecule has 2 aromatic carbocycles. The van der Waals surface area contributed by atoms with E-state index in [0.29, 0.717) is 5.56 Å². The summed E-state index contributed by atoms with van der Waals surface area (Å²) in [5.41, 5.74) is 4.15. The molecular weight excluding hydrogens is 228 g/mol. The highest BCUT2D eigenvalue weighted by atomic mass is 16.3. The van der Waals surface area contributed by atoms with Crippen LogP contribution in [0.25, 0.3) is 11.1 Å². The maximum absolute atomic E-state index is 9.93. The third kappa shape index (κ3) is 1.88. The lowest BCUT2D eigenvalue weighted by Crippen LogP contribution is -1.92. The zero-order valence-corrected chi connectivity index (χ0v) is 10.7. The predicted molar refractivity (Wildman–Crippen MR) is 71.1 cm³/mol. The molecular formula is C15H16O3. The van der Waals surface area contributed by atoms with Crippen LogP contribution < -0.4 is 0 Å². The SMILES string of the molecule is Cc1cc(O)c(C)c(C)c1-c1ccc(O)cc1O. The summed E-state index contributed by atoms with van der Waals surface area (Å²) < 4.78 is 0. The summed E-state index contributed by atoms with van der Waals surface area (Å²) >= 11 is 0. The van der Waals surface area contributed by atoms with Crippen LogP contribution in [0.4, 0.5) is 0 Å². The van der Waals surface area contributed by atoms with E-state index in [9.17, 15) is 15.3 Å². The molecule has 18 heavy (non-hydrogen) atoms. The summed E-state index contributed by atoms with van der Waals surface area (Å²) in [6, 6.07) is 6.22. The van der Waals surface area contributed by atoms with E-state index >= 15 is 0 Å². The van der Waals surface area contributed by atoms with Gasteiger partial charge < -0.3 is 15.3 Å². The smallest absolute Gasteiger partial charge is 0.127 e. The molecule has 0 aliphatic rings. The molecule has 2 rings (SSSR count). The van der Waals surface area contributed by atoms with Crippen molar-refractivity contribution in [3.63, 3.8) is 0 Å². The fraction of sp³-hybridized carbons (Fsp3) is 0.200. The van der Waals surface area contributed by atoms with Crippen LogP contribution in [0.15, 0.2) is 24.3 Å². The Morgan fingerprint density at radius 3 is 2.06 bits per heavy atom. The molecule has 0 fully saturated rings. The first kappa shape index (κ1) is 12.3. The fourth-order valence-corrected chi connectivity index (χ4v) is 2.21. The summed E-state index contributed by atoms with van der Waals surface area (Å²) in [4.78, 5) is 0. The quantitative estimate of drug-likeness (QED) is 0.720. The van der Waals surface area contributed by atoms with E-state index in [0.717, 1.165) is 22.3 Å². The highest BCUT2D eigenvalue weighted by molar-refractivity contribution is 5.78. The third-order valence-electron chi connectivity index (χ3n) is 3.32. The van der Waals surface area contributed by atoms with Crippen molar-refractivity contribution in [2.45, 2.75) is 20.8 Å². The highest BCUT2D eigenvalue weighted by Gasteiger charge is 2.14. The normalized spacial score (nSPS) is 10.6. The average molecular weight is 244 g/mol. The summed E-state index contributed by atoms with van der Waals surface area (Å²) in [7, 11) is 0. The topological polar surface area (TPSA) is 60.7 Å². The van der Waals surface area contributed by atoms with Crippen molar-refractivity contribution in [3.8, 4) is 28.4 Å². The number of hydrogen-bond donors (Lipinski definition) is 3. The Balaban J connectivity index is 2.75. The molecule has 0 bridgehead atoms. The van der Waals surface area contributed by atoms with Crippen LogP contribution in [-0.2, 0) is 0 Å². The Labute approximate surface area is 106 Å². The van der Waals surface area contributed by atoms with Crippen molar-refractivity contribution < 1.29 is 15.3 Å². The molecule has 3 N–H and O–H groups in total. The van der Waals surface area contributed by atoms with Gasteiger partial charge >= 0.3 is 0 Å². The van der Waals surface area contributed by atoms with Crippen LogP contribution in [0.2, 0.25) is 0 Å². The number of aromatic hydroxyl groups is 3. The lowest BCUT2D eigenvalue weighted by atomic mass is 9.91. The van der Waals surface area contributed by atoms with Crippen LogP contribution in [-0.4, -0.2) is 15.3 Å². The van der Waals surface area contributed by atoms with E-state index in [1.807, 2.05) is 20.8 Å².